The highest BCUT2D eigenvalue weighted by Gasteiger charge is 2.21. The average molecular weight is 392 g/mol. The number of hydrogen-bond acceptors (Lipinski definition) is 5. The number of imidazole rings is 1. The summed E-state index contributed by atoms with van der Waals surface area (Å²) in [6.45, 7) is 2.53. The lowest BCUT2D eigenvalue weighted by Crippen LogP contribution is -2.45. The Kier molecular flexibility index (Phi) is 5.86. The average Bonchev–Trinajstić information content (AvgIpc) is 3.22. The first-order chi connectivity index (χ1) is 14.2. The Morgan fingerprint density at radius 1 is 1.14 bits per heavy atom. The van der Waals surface area contributed by atoms with Crippen LogP contribution >= 0.6 is 0 Å². The first-order valence-electron chi connectivity index (χ1n) is 9.83. The van der Waals surface area contributed by atoms with Crippen LogP contribution in [0.3, 0.4) is 0 Å². The van der Waals surface area contributed by atoms with Crippen molar-refractivity contribution in [2.24, 2.45) is 0 Å². The van der Waals surface area contributed by atoms with Gasteiger partial charge in [-0.1, -0.05) is 30.3 Å². The van der Waals surface area contributed by atoms with Gasteiger partial charge < -0.3 is 15.0 Å². The number of piperidine rings is 1. The van der Waals surface area contributed by atoms with E-state index in [4.69, 9.17) is 4.74 Å². The number of carbonyl (C=O) groups excluding carboxylic acids is 2. The molecule has 2 N–H and O–H groups in total. The number of carbonyl (C=O) groups is 2. The van der Waals surface area contributed by atoms with Crippen LogP contribution in [-0.2, 0) is 16.1 Å². The normalized spacial score (nSPS) is 15.3. The van der Waals surface area contributed by atoms with Crippen LogP contribution in [0.1, 0.15) is 28.8 Å². The second-order valence-electron chi connectivity index (χ2n) is 7.31. The maximum Gasteiger partial charge on any atom is 0.338 e. The van der Waals surface area contributed by atoms with Crippen molar-refractivity contribution in [1.29, 1.82) is 0 Å². The number of aromatic nitrogens is 2. The minimum absolute atomic E-state index is 0.120. The van der Waals surface area contributed by atoms with Gasteiger partial charge in [0, 0.05) is 25.7 Å². The van der Waals surface area contributed by atoms with E-state index in [-0.39, 0.29) is 18.6 Å². The molecule has 1 aromatic heterocycles. The standard InChI is InChI=1S/C22H24N4O3/c27-21(14-29-22(28)17-6-7-19-20(12-17)24-15-23-19)25-18-8-10-26(11-9-18)13-16-4-2-1-3-5-16/h1-7,12,15,18H,8-11,13-14H2,(H,23,24)(H,25,27). The third-order valence-corrected chi connectivity index (χ3v) is 5.19. The maximum absolute atomic E-state index is 12.2. The van der Waals surface area contributed by atoms with Gasteiger partial charge in [-0.05, 0) is 36.6 Å². The van der Waals surface area contributed by atoms with Crippen LogP contribution in [0.15, 0.2) is 54.9 Å². The van der Waals surface area contributed by atoms with Gasteiger partial charge in [0.25, 0.3) is 5.91 Å². The molecule has 3 aromatic rings. The molecule has 0 spiro atoms. The summed E-state index contributed by atoms with van der Waals surface area (Å²) in [4.78, 5) is 33.8. The number of amides is 1. The number of hydrogen-bond donors (Lipinski definition) is 2. The molecule has 4 rings (SSSR count). The van der Waals surface area contributed by atoms with Crippen molar-refractivity contribution in [3.05, 3.63) is 66.0 Å². The fourth-order valence-corrected chi connectivity index (χ4v) is 3.62. The predicted molar refractivity (Wildman–Crippen MR) is 109 cm³/mol. The lowest BCUT2D eigenvalue weighted by molar-refractivity contribution is -0.125. The molecule has 1 saturated heterocycles. The number of esters is 1. The molecular formula is C22H24N4O3. The van der Waals surface area contributed by atoms with E-state index in [1.54, 1.807) is 24.5 Å². The summed E-state index contributed by atoms with van der Waals surface area (Å²) < 4.78 is 5.16. The predicted octanol–water partition coefficient (Wildman–Crippen LogP) is 2.50. The third kappa shape index (κ3) is 5.00. The molecule has 1 fully saturated rings. The molecule has 7 nitrogen and oxygen atoms in total. The van der Waals surface area contributed by atoms with E-state index in [9.17, 15) is 9.59 Å². The Bertz CT molecular complexity index is 978. The van der Waals surface area contributed by atoms with Gasteiger partial charge in [-0.15, -0.1) is 0 Å². The number of benzene rings is 2. The van der Waals surface area contributed by atoms with E-state index in [0.29, 0.717) is 5.56 Å². The molecule has 29 heavy (non-hydrogen) atoms. The van der Waals surface area contributed by atoms with Crippen molar-refractivity contribution >= 4 is 22.9 Å². The summed E-state index contributed by atoms with van der Waals surface area (Å²) in [5, 5.41) is 2.98. The van der Waals surface area contributed by atoms with Crippen LogP contribution in [0.25, 0.3) is 11.0 Å². The zero-order valence-corrected chi connectivity index (χ0v) is 16.1. The van der Waals surface area contributed by atoms with E-state index in [2.05, 4.69) is 44.5 Å². The topological polar surface area (TPSA) is 87.3 Å². The number of nitrogens with one attached hydrogen (secondary N) is 2. The Morgan fingerprint density at radius 2 is 1.93 bits per heavy atom. The Balaban J connectivity index is 1.19. The Hall–Kier alpha value is -3.19. The van der Waals surface area contributed by atoms with E-state index in [1.165, 1.54) is 5.56 Å². The molecule has 0 unspecified atom stereocenters. The van der Waals surface area contributed by atoms with Crippen molar-refractivity contribution in [3.8, 4) is 0 Å². The summed E-state index contributed by atoms with van der Waals surface area (Å²) in [5.74, 6) is -0.781. The van der Waals surface area contributed by atoms with Crippen LogP contribution in [0.4, 0.5) is 0 Å². The van der Waals surface area contributed by atoms with Crippen LogP contribution in [0.5, 0.6) is 0 Å². The molecule has 150 valence electrons. The van der Waals surface area contributed by atoms with Crippen LogP contribution in [-0.4, -0.2) is 52.5 Å². The summed E-state index contributed by atoms with van der Waals surface area (Å²) in [5.41, 5.74) is 3.23. The molecule has 1 aliphatic heterocycles. The smallest absolute Gasteiger partial charge is 0.338 e. The summed E-state index contributed by atoms with van der Waals surface area (Å²) >= 11 is 0. The van der Waals surface area contributed by atoms with Crippen molar-refractivity contribution < 1.29 is 14.3 Å². The van der Waals surface area contributed by atoms with Crippen molar-refractivity contribution in [2.75, 3.05) is 19.7 Å². The molecule has 1 aliphatic rings. The van der Waals surface area contributed by atoms with Crippen LogP contribution in [0, 0.1) is 0 Å². The molecule has 0 radical (unpaired) electrons. The van der Waals surface area contributed by atoms with Crippen molar-refractivity contribution in [2.45, 2.75) is 25.4 Å². The first-order valence-corrected chi connectivity index (χ1v) is 9.83. The molecule has 2 aromatic carbocycles. The fraction of sp³-hybridized carbons (Fsp3) is 0.318. The lowest BCUT2D eigenvalue weighted by atomic mass is 10.0. The SMILES string of the molecule is O=C(COC(=O)c1ccc2nc[nH]c2c1)NC1CCN(Cc2ccccc2)CC1. The minimum atomic E-state index is -0.519. The summed E-state index contributed by atoms with van der Waals surface area (Å²) in [6.07, 6.45) is 3.35. The van der Waals surface area contributed by atoms with Crippen molar-refractivity contribution in [3.63, 3.8) is 0 Å². The molecule has 1 amide bonds. The quantitative estimate of drug-likeness (QED) is 0.630. The lowest BCUT2D eigenvalue weighted by Gasteiger charge is -2.32. The van der Waals surface area contributed by atoms with Gasteiger partial charge in [0.05, 0.1) is 22.9 Å². The van der Waals surface area contributed by atoms with E-state index in [0.717, 1.165) is 43.5 Å². The number of rotatable bonds is 6. The summed E-state index contributed by atoms with van der Waals surface area (Å²) in [7, 11) is 0. The van der Waals surface area contributed by atoms with E-state index >= 15 is 0 Å². The monoisotopic (exact) mass is 392 g/mol. The van der Waals surface area contributed by atoms with Crippen LogP contribution < -0.4 is 5.32 Å². The third-order valence-electron chi connectivity index (χ3n) is 5.19. The van der Waals surface area contributed by atoms with Gasteiger partial charge in [0.2, 0.25) is 0 Å². The number of nitrogens with zero attached hydrogens (tertiary/aromatic N) is 2. The van der Waals surface area contributed by atoms with E-state index in [1.807, 2.05) is 6.07 Å². The maximum atomic E-state index is 12.2. The number of aromatic amines is 1. The van der Waals surface area contributed by atoms with Gasteiger partial charge >= 0.3 is 5.97 Å². The van der Waals surface area contributed by atoms with E-state index < -0.39 is 5.97 Å². The molecule has 0 atom stereocenters. The van der Waals surface area contributed by atoms with Gasteiger partial charge in [-0.25, -0.2) is 9.78 Å². The molecule has 0 aliphatic carbocycles. The first kappa shape index (κ1) is 19.1. The van der Waals surface area contributed by atoms with Gasteiger partial charge in [-0.3, -0.25) is 9.69 Å². The highest BCUT2D eigenvalue weighted by molar-refractivity contribution is 5.94. The van der Waals surface area contributed by atoms with Gasteiger partial charge in [-0.2, -0.15) is 0 Å². The number of likely N-dealkylation sites (tertiary alicyclic amines) is 1. The second kappa shape index (κ2) is 8.87. The van der Waals surface area contributed by atoms with Gasteiger partial charge in [0.15, 0.2) is 6.61 Å². The fourth-order valence-electron chi connectivity index (χ4n) is 3.62. The summed E-state index contributed by atoms with van der Waals surface area (Å²) in [6, 6.07) is 15.6. The Labute approximate surface area is 169 Å². The molecule has 0 bridgehead atoms. The van der Waals surface area contributed by atoms with Crippen molar-refractivity contribution in [1.82, 2.24) is 20.2 Å². The zero-order chi connectivity index (χ0) is 20.1. The number of ether oxygens (including phenoxy) is 1. The molecule has 2 heterocycles. The minimum Gasteiger partial charge on any atom is -0.452 e. The largest absolute Gasteiger partial charge is 0.452 e. The molecular weight excluding hydrogens is 368 g/mol. The van der Waals surface area contributed by atoms with Gasteiger partial charge in [0.1, 0.15) is 0 Å². The zero-order valence-electron chi connectivity index (χ0n) is 16.1. The van der Waals surface area contributed by atoms with Crippen LogP contribution in [0.2, 0.25) is 0 Å². The second-order valence-corrected chi connectivity index (χ2v) is 7.31. The molecule has 7 heteroatoms. The number of H-pyrrole nitrogens is 1. The highest BCUT2D eigenvalue weighted by atomic mass is 16.5. The molecule has 0 saturated carbocycles. The number of fused-ring (bicyclic) bond motifs is 1. The Morgan fingerprint density at radius 3 is 2.72 bits per heavy atom. The highest BCUT2D eigenvalue weighted by Crippen LogP contribution is 2.14.